The Kier molecular flexibility index (Phi) is 4.41. The molecular formula is C24H19NO2S. The summed E-state index contributed by atoms with van der Waals surface area (Å²) in [5, 5.41) is 1.30. The van der Waals surface area contributed by atoms with Gasteiger partial charge >= 0.3 is 0 Å². The standard InChI is InChI=1S/C24H19NO2S/c1-26-20-12-7-10-17-14-21(27-24(17)20)19-15-23(16-8-3-2-4-9-16)28-22-13-6-5-11-18(22)25-19/h2-14,23H,15H2,1H3. The van der Waals surface area contributed by atoms with Crippen molar-refractivity contribution in [2.24, 2.45) is 4.99 Å². The molecule has 4 aromatic rings. The van der Waals surface area contributed by atoms with Gasteiger partial charge in [0.1, 0.15) is 5.76 Å². The van der Waals surface area contributed by atoms with Crippen molar-refractivity contribution in [3.8, 4) is 5.75 Å². The van der Waals surface area contributed by atoms with Gasteiger partial charge in [-0.1, -0.05) is 54.6 Å². The SMILES string of the molecule is COc1cccc2cc(C3=Nc4ccccc4SC(c4ccccc4)C3)oc12. The van der Waals surface area contributed by atoms with E-state index in [1.165, 1.54) is 10.5 Å². The molecule has 0 saturated carbocycles. The number of benzene rings is 3. The van der Waals surface area contributed by atoms with Crippen molar-refractivity contribution in [3.63, 3.8) is 0 Å². The fourth-order valence-electron chi connectivity index (χ4n) is 3.56. The van der Waals surface area contributed by atoms with Crippen LogP contribution in [0.15, 0.2) is 93.2 Å². The highest BCUT2D eigenvalue weighted by Crippen LogP contribution is 2.45. The van der Waals surface area contributed by atoms with E-state index in [2.05, 4.69) is 54.6 Å². The van der Waals surface area contributed by atoms with Crippen LogP contribution in [0.4, 0.5) is 5.69 Å². The topological polar surface area (TPSA) is 34.7 Å². The number of furan rings is 1. The van der Waals surface area contributed by atoms with Gasteiger partial charge in [-0.25, -0.2) is 4.99 Å². The van der Waals surface area contributed by atoms with E-state index in [1.54, 1.807) is 7.11 Å². The Morgan fingerprint density at radius 3 is 2.64 bits per heavy atom. The third-order valence-electron chi connectivity index (χ3n) is 4.95. The molecule has 2 heterocycles. The van der Waals surface area contributed by atoms with Crippen molar-refractivity contribution in [1.29, 1.82) is 0 Å². The van der Waals surface area contributed by atoms with Gasteiger partial charge in [0.25, 0.3) is 0 Å². The van der Waals surface area contributed by atoms with Crippen LogP contribution in [-0.4, -0.2) is 12.8 Å². The molecule has 0 bridgehead atoms. The van der Waals surface area contributed by atoms with Crippen molar-refractivity contribution in [1.82, 2.24) is 0 Å². The molecule has 0 saturated heterocycles. The highest BCUT2D eigenvalue weighted by molar-refractivity contribution is 7.99. The Hall–Kier alpha value is -2.98. The van der Waals surface area contributed by atoms with E-state index >= 15 is 0 Å². The van der Waals surface area contributed by atoms with Crippen molar-refractivity contribution in [2.45, 2.75) is 16.6 Å². The maximum absolute atomic E-state index is 6.22. The van der Waals surface area contributed by atoms with Gasteiger partial charge in [-0.3, -0.25) is 0 Å². The molecule has 0 radical (unpaired) electrons. The first kappa shape index (κ1) is 17.1. The van der Waals surface area contributed by atoms with E-state index in [4.69, 9.17) is 14.1 Å². The van der Waals surface area contributed by atoms with Gasteiger partial charge in [-0.15, -0.1) is 11.8 Å². The normalized spacial score (nSPS) is 16.3. The molecule has 0 spiro atoms. The Morgan fingerprint density at radius 1 is 0.964 bits per heavy atom. The fourth-order valence-corrected chi connectivity index (χ4v) is 4.79. The Labute approximate surface area is 168 Å². The largest absolute Gasteiger partial charge is 0.493 e. The molecule has 28 heavy (non-hydrogen) atoms. The van der Waals surface area contributed by atoms with Crippen LogP contribution >= 0.6 is 11.8 Å². The molecule has 0 N–H and O–H groups in total. The summed E-state index contributed by atoms with van der Waals surface area (Å²) < 4.78 is 11.7. The first-order chi connectivity index (χ1) is 13.8. The van der Waals surface area contributed by atoms with Gasteiger partial charge in [-0.05, 0) is 29.8 Å². The summed E-state index contributed by atoms with van der Waals surface area (Å²) in [5.41, 5.74) is 4.02. The van der Waals surface area contributed by atoms with E-state index in [0.29, 0.717) is 0 Å². The molecule has 1 aliphatic heterocycles. The first-order valence-corrected chi connectivity index (χ1v) is 10.1. The lowest BCUT2D eigenvalue weighted by Crippen LogP contribution is -2.04. The summed E-state index contributed by atoms with van der Waals surface area (Å²) in [4.78, 5) is 6.19. The zero-order valence-electron chi connectivity index (χ0n) is 15.5. The Bertz CT molecular complexity index is 1160. The average molecular weight is 385 g/mol. The van der Waals surface area contributed by atoms with Gasteiger partial charge < -0.3 is 9.15 Å². The third-order valence-corrected chi connectivity index (χ3v) is 6.27. The highest BCUT2D eigenvalue weighted by Gasteiger charge is 2.24. The zero-order chi connectivity index (χ0) is 18.9. The Morgan fingerprint density at radius 2 is 1.79 bits per heavy atom. The molecule has 1 aromatic heterocycles. The summed E-state index contributed by atoms with van der Waals surface area (Å²) >= 11 is 1.86. The lowest BCUT2D eigenvalue weighted by Gasteiger charge is -2.15. The molecule has 138 valence electrons. The van der Waals surface area contributed by atoms with E-state index in [0.717, 1.165) is 40.3 Å². The number of nitrogens with zero attached hydrogens (tertiary/aromatic N) is 1. The number of rotatable bonds is 3. The molecule has 3 nitrogen and oxygen atoms in total. The molecule has 3 aromatic carbocycles. The third kappa shape index (κ3) is 3.10. The maximum atomic E-state index is 6.22. The second-order valence-corrected chi connectivity index (χ2v) is 7.98. The molecule has 5 rings (SSSR count). The minimum atomic E-state index is 0.277. The number of hydrogen-bond donors (Lipinski definition) is 0. The lowest BCUT2D eigenvalue weighted by atomic mass is 10.0. The van der Waals surface area contributed by atoms with E-state index in [-0.39, 0.29) is 5.25 Å². The van der Waals surface area contributed by atoms with Gasteiger partial charge in [0.15, 0.2) is 11.3 Å². The van der Waals surface area contributed by atoms with Crippen LogP contribution < -0.4 is 4.74 Å². The summed E-state index contributed by atoms with van der Waals surface area (Å²) in [6.45, 7) is 0. The average Bonchev–Trinajstić information content (AvgIpc) is 3.09. The quantitative estimate of drug-likeness (QED) is 0.389. The Balaban J connectivity index is 1.64. The zero-order valence-corrected chi connectivity index (χ0v) is 16.3. The summed E-state index contributed by atoms with van der Waals surface area (Å²) in [6.07, 6.45) is 0.797. The van der Waals surface area contributed by atoms with Gasteiger partial charge in [0.05, 0.1) is 18.5 Å². The summed E-state index contributed by atoms with van der Waals surface area (Å²) in [7, 11) is 1.67. The van der Waals surface area contributed by atoms with Crippen LogP contribution in [0, 0.1) is 0 Å². The minimum Gasteiger partial charge on any atom is -0.493 e. The maximum Gasteiger partial charge on any atom is 0.176 e. The van der Waals surface area contributed by atoms with Crippen LogP contribution in [0.25, 0.3) is 11.0 Å². The molecule has 4 heteroatoms. The smallest absolute Gasteiger partial charge is 0.176 e. The van der Waals surface area contributed by atoms with E-state index < -0.39 is 0 Å². The predicted molar refractivity (Wildman–Crippen MR) is 115 cm³/mol. The second kappa shape index (κ2) is 7.21. The molecule has 0 fully saturated rings. The fraction of sp³-hybridized carbons (Fsp3) is 0.125. The first-order valence-electron chi connectivity index (χ1n) is 9.27. The van der Waals surface area contributed by atoms with Crippen LogP contribution in [0.5, 0.6) is 5.75 Å². The predicted octanol–water partition coefficient (Wildman–Crippen LogP) is 6.80. The number of para-hydroxylation sites is 2. The number of hydrogen-bond acceptors (Lipinski definition) is 4. The van der Waals surface area contributed by atoms with Crippen LogP contribution in [0.2, 0.25) is 0 Å². The van der Waals surface area contributed by atoms with Crippen molar-refractivity contribution in [2.75, 3.05) is 7.11 Å². The van der Waals surface area contributed by atoms with Gasteiger partial charge in [0.2, 0.25) is 0 Å². The summed E-state index contributed by atoms with van der Waals surface area (Å²) in [6, 6.07) is 26.9. The number of aliphatic imine (C=N–C) groups is 1. The lowest BCUT2D eigenvalue weighted by molar-refractivity contribution is 0.410. The van der Waals surface area contributed by atoms with Gasteiger partial charge in [-0.2, -0.15) is 0 Å². The summed E-state index contributed by atoms with van der Waals surface area (Å²) in [5.74, 6) is 1.55. The van der Waals surface area contributed by atoms with Crippen molar-refractivity contribution >= 4 is 34.1 Å². The van der Waals surface area contributed by atoms with Crippen LogP contribution in [-0.2, 0) is 0 Å². The van der Waals surface area contributed by atoms with Crippen molar-refractivity contribution in [3.05, 3.63) is 90.2 Å². The van der Waals surface area contributed by atoms with Crippen LogP contribution in [0.3, 0.4) is 0 Å². The van der Waals surface area contributed by atoms with E-state index in [9.17, 15) is 0 Å². The highest BCUT2D eigenvalue weighted by atomic mass is 32.2. The van der Waals surface area contributed by atoms with Crippen molar-refractivity contribution < 1.29 is 9.15 Å². The molecule has 1 atom stereocenters. The number of fused-ring (bicyclic) bond motifs is 2. The minimum absolute atomic E-state index is 0.277. The molecule has 0 amide bonds. The van der Waals surface area contributed by atoms with Crippen LogP contribution in [0.1, 0.15) is 23.0 Å². The molecular weight excluding hydrogens is 366 g/mol. The second-order valence-electron chi connectivity index (χ2n) is 6.74. The monoisotopic (exact) mass is 385 g/mol. The molecule has 1 unspecified atom stereocenters. The van der Waals surface area contributed by atoms with Gasteiger partial charge in [0, 0.05) is 22.0 Å². The molecule has 1 aliphatic rings. The number of ether oxygens (including phenoxy) is 1. The number of methoxy groups -OCH3 is 1. The number of thioether (sulfide) groups is 1. The van der Waals surface area contributed by atoms with E-state index in [1.807, 2.05) is 36.0 Å². The molecule has 0 aliphatic carbocycles.